The molecule has 1 saturated heterocycles. The second kappa shape index (κ2) is 3.42. The Morgan fingerprint density at radius 2 is 2.25 bits per heavy atom. The van der Waals surface area contributed by atoms with Crippen LogP contribution in [0.5, 0.6) is 0 Å². The summed E-state index contributed by atoms with van der Waals surface area (Å²) in [5.41, 5.74) is 5.24. The Morgan fingerprint density at radius 3 is 2.67 bits per heavy atom. The van der Waals surface area contributed by atoms with Gasteiger partial charge in [-0.05, 0) is 19.3 Å². The lowest BCUT2D eigenvalue weighted by molar-refractivity contribution is -0.142. The second-order valence-corrected chi connectivity index (χ2v) is 2.93. The molecule has 68 valence electrons. The Bertz CT molecular complexity index is 183. The van der Waals surface area contributed by atoms with Gasteiger partial charge in [0.2, 0.25) is 0 Å². The predicted octanol–water partition coefficient (Wildman–Crippen LogP) is -0.181. The van der Waals surface area contributed by atoms with Crippen molar-refractivity contribution >= 4 is 11.9 Å². The fourth-order valence-electron chi connectivity index (χ4n) is 1.48. The van der Waals surface area contributed by atoms with Gasteiger partial charge in [0.1, 0.15) is 6.04 Å². The summed E-state index contributed by atoms with van der Waals surface area (Å²) in [6.45, 7) is 0.590. The Hall–Kier alpha value is -1.26. The monoisotopic (exact) mass is 171 g/mol. The van der Waals surface area contributed by atoms with E-state index in [2.05, 4.69) is 0 Å². The number of piperidine rings is 1. The highest BCUT2D eigenvalue weighted by molar-refractivity contribution is 5.83. The maximum atomic E-state index is 10.7. The first-order valence-electron chi connectivity index (χ1n) is 3.96. The van der Waals surface area contributed by atoms with Crippen molar-refractivity contribution in [2.24, 2.45) is 5.73 Å². The molecule has 1 fully saturated rings. The molecule has 0 saturated carbocycles. The third kappa shape index (κ3) is 1.66. The molecule has 5 nitrogen and oxygen atoms in total. The zero-order valence-corrected chi connectivity index (χ0v) is 6.79. The normalized spacial score (nSPS) is 23.7. The van der Waals surface area contributed by atoms with E-state index in [0.29, 0.717) is 13.0 Å². The maximum absolute atomic E-state index is 10.7. The number of nitrogens with two attached hydrogens (primary N) is 1. The van der Waals surface area contributed by atoms with Crippen LogP contribution in [0.2, 0.25) is 0 Å². The number of hydrogen-bond donors (Lipinski definition) is 3. The number of likely N-dealkylation sites (tertiary alicyclic amines) is 1. The fourth-order valence-corrected chi connectivity index (χ4v) is 1.48. The third-order valence-corrected chi connectivity index (χ3v) is 2.10. The smallest absolute Gasteiger partial charge is 0.326 e. The van der Waals surface area contributed by atoms with E-state index in [-0.39, 0.29) is 5.96 Å². The molecule has 12 heavy (non-hydrogen) atoms. The minimum absolute atomic E-state index is 0.137. The summed E-state index contributed by atoms with van der Waals surface area (Å²) in [5.74, 6) is -1.02. The first-order chi connectivity index (χ1) is 5.63. The van der Waals surface area contributed by atoms with Gasteiger partial charge in [-0.1, -0.05) is 0 Å². The molecule has 5 heteroatoms. The number of carbonyl (C=O) groups is 1. The fraction of sp³-hybridized carbons (Fsp3) is 0.714. The Labute approximate surface area is 70.7 Å². The summed E-state index contributed by atoms with van der Waals surface area (Å²) in [7, 11) is 0. The van der Waals surface area contributed by atoms with Crippen LogP contribution in [0.4, 0.5) is 0 Å². The lowest BCUT2D eigenvalue weighted by atomic mass is 10.0. The molecule has 0 aliphatic carbocycles. The molecule has 0 bridgehead atoms. The van der Waals surface area contributed by atoms with Crippen LogP contribution in [0.25, 0.3) is 0 Å². The largest absolute Gasteiger partial charge is 0.480 e. The first kappa shape index (κ1) is 8.83. The minimum Gasteiger partial charge on any atom is -0.480 e. The molecule has 1 aliphatic heterocycles. The van der Waals surface area contributed by atoms with Crippen LogP contribution in [0.3, 0.4) is 0 Å². The van der Waals surface area contributed by atoms with Gasteiger partial charge in [-0.15, -0.1) is 0 Å². The summed E-state index contributed by atoms with van der Waals surface area (Å²) >= 11 is 0. The van der Waals surface area contributed by atoms with Gasteiger partial charge in [-0.25, -0.2) is 4.79 Å². The highest BCUT2D eigenvalue weighted by Crippen LogP contribution is 2.16. The standard InChI is InChI=1S/C7H13N3O2/c8-7(9)10-4-2-1-3-5(10)6(11)12/h5H,1-4H2,(H3,8,9)(H,11,12)/t5-/m0/s1. The molecule has 1 rings (SSSR count). The Morgan fingerprint density at radius 1 is 1.58 bits per heavy atom. The lowest BCUT2D eigenvalue weighted by Gasteiger charge is -2.32. The van der Waals surface area contributed by atoms with Crippen molar-refractivity contribution in [2.75, 3.05) is 6.54 Å². The van der Waals surface area contributed by atoms with E-state index in [0.717, 1.165) is 12.8 Å². The quantitative estimate of drug-likeness (QED) is 0.377. The average Bonchev–Trinajstić information content (AvgIpc) is 2.04. The zero-order valence-electron chi connectivity index (χ0n) is 6.79. The average molecular weight is 171 g/mol. The number of carboxylic acid groups (broad SMARTS) is 1. The molecule has 0 radical (unpaired) electrons. The number of carboxylic acids is 1. The summed E-state index contributed by atoms with van der Waals surface area (Å²) in [5, 5.41) is 15.9. The van der Waals surface area contributed by atoms with Gasteiger partial charge in [0, 0.05) is 6.54 Å². The van der Waals surface area contributed by atoms with Crippen LogP contribution >= 0.6 is 0 Å². The number of aliphatic carboxylic acids is 1. The molecular weight excluding hydrogens is 158 g/mol. The van der Waals surface area contributed by atoms with E-state index in [1.807, 2.05) is 0 Å². The van der Waals surface area contributed by atoms with Crippen molar-refractivity contribution in [1.29, 1.82) is 5.41 Å². The molecule has 0 aromatic rings. The van der Waals surface area contributed by atoms with Crippen LogP contribution in [0.15, 0.2) is 0 Å². The molecular formula is C7H13N3O2. The number of guanidine groups is 1. The maximum Gasteiger partial charge on any atom is 0.326 e. The van der Waals surface area contributed by atoms with E-state index in [4.69, 9.17) is 16.2 Å². The minimum atomic E-state index is -0.884. The van der Waals surface area contributed by atoms with Crippen molar-refractivity contribution in [3.63, 3.8) is 0 Å². The molecule has 1 atom stereocenters. The molecule has 1 heterocycles. The van der Waals surface area contributed by atoms with Crippen LogP contribution in [0, 0.1) is 5.41 Å². The Kier molecular flexibility index (Phi) is 2.52. The topological polar surface area (TPSA) is 90.4 Å². The van der Waals surface area contributed by atoms with E-state index in [1.165, 1.54) is 4.90 Å². The molecule has 0 spiro atoms. The van der Waals surface area contributed by atoms with Gasteiger partial charge in [-0.2, -0.15) is 0 Å². The third-order valence-electron chi connectivity index (χ3n) is 2.10. The van der Waals surface area contributed by atoms with E-state index in [9.17, 15) is 4.79 Å². The molecule has 1 aliphatic rings. The molecule has 0 aromatic carbocycles. The highest BCUT2D eigenvalue weighted by atomic mass is 16.4. The van der Waals surface area contributed by atoms with Crippen LogP contribution in [0.1, 0.15) is 19.3 Å². The summed E-state index contributed by atoms with van der Waals surface area (Å²) in [4.78, 5) is 12.1. The summed E-state index contributed by atoms with van der Waals surface area (Å²) in [6, 6.07) is -0.587. The van der Waals surface area contributed by atoms with E-state index < -0.39 is 12.0 Å². The van der Waals surface area contributed by atoms with Crippen molar-refractivity contribution in [3.8, 4) is 0 Å². The number of nitrogens with zero attached hydrogens (tertiary/aromatic N) is 1. The van der Waals surface area contributed by atoms with Gasteiger partial charge in [0.05, 0.1) is 0 Å². The van der Waals surface area contributed by atoms with Crippen molar-refractivity contribution < 1.29 is 9.90 Å². The Balaban J connectivity index is 2.67. The molecule has 0 unspecified atom stereocenters. The predicted molar refractivity (Wildman–Crippen MR) is 43.9 cm³/mol. The summed E-state index contributed by atoms with van der Waals surface area (Å²) in [6.07, 6.45) is 2.42. The number of hydrogen-bond acceptors (Lipinski definition) is 2. The van der Waals surface area contributed by atoms with Crippen LogP contribution in [-0.2, 0) is 4.79 Å². The zero-order chi connectivity index (χ0) is 9.14. The first-order valence-corrected chi connectivity index (χ1v) is 3.96. The van der Waals surface area contributed by atoms with E-state index >= 15 is 0 Å². The van der Waals surface area contributed by atoms with E-state index in [1.54, 1.807) is 0 Å². The van der Waals surface area contributed by atoms with Crippen LogP contribution < -0.4 is 5.73 Å². The van der Waals surface area contributed by atoms with Crippen molar-refractivity contribution in [3.05, 3.63) is 0 Å². The van der Waals surface area contributed by atoms with Gasteiger partial charge >= 0.3 is 5.97 Å². The molecule has 4 N–H and O–H groups in total. The number of nitrogens with one attached hydrogen (secondary N) is 1. The van der Waals surface area contributed by atoms with Crippen LogP contribution in [-0.4, -0.2) is 34.5 Å². The van der Waals surface area contributed by atoms with Gasteiger partial charge in [0.25, 0.3) is 0 Å². The van der Waals surface area contributed by atoms with Gasteiger partial charge < -0.3 is 15.7 Å². The number of rotatable bonds is 1. The van der Waals surface area contributed by atoms with Gasteiger partial charge in [-0.3, -0.25) is 5.41 Å². The lowest BCUT2D eigenvalue weighted by Crippen LogP contribution is -2.50. The van der Waals surface area contributed by atoms with Crippen molar-refractivity contribution in [1.82, 2.24) is 4.90 Å². The second-order valence-electron chi connectivity index (χ2n) is 2.93. The highest BCUT2D eigenvalue weighted by Gasteiger charge is 2.28. The molecule has 0 aromatic heterocycles. The van der Waals surface area contributed by atoms with Gasteiger partial charge in [0.15, 0.2) is 5.96 Å². The SMILES string of the molecule is N=C(N)N1CCCC[C@H]1C(=O)O. The summed E-state index contributed by atoms with van der Waals surface area (Å²) < 4.78 is 0. The van der Waals surface area contributed by atoms with Crippen molar-refractivity contribution in [2.45, 2.75) is 25.3 Å². The molecule has 0 amide bonds.